The van der Waals surface area contributed by atoms with Crippen molar-refractivity contribution < 1.29 is 4.74 Å². The molecule has 1 heteroatoms. The highest BCUT2D eigenvalue weighted by molar-refractivity contribution is 4.89. The van der Waals surface area contributed by atoms with Crippen LogP contribution in [0.2, 0.25) is 0 Å². The van der Waals surface area contributed by atoms with E-state index in [4.69, 9.17) is 4.74 Å². The van der Waals surface area contributed by atoms with Gasteiger partial charge in [-0.15, -0.1) is 0 Å². The minimum atomic E-state index is 0.345. The molecular weight excluding hydrogens is 136 g/mol. The van der Waals surface area contributed by atoms with Gasteiger partial charge in [-0.3, -0.25) is 0 Å². The van der Waals surface area contributed by atoms with Gasteiger partial charge < -0.3 is 4.74 Å². The molecule has 2 aliphatic rings. The van der Waals surface area contributed by atoms with E-state index in [2.05, 4.69) is 6.92 Å². The highest BCUT2D eigenvalue weighted by Crippen LogP contribution is 2.41. The molecule has 1 saturated carbocycles. The third-order valence-corrected chi connectivity index (χ3v) is 3.22. The number of ether oxygens (including phenoxy) is 1. The van der Waals surface area contributed by atoms with E-state index < -0.39 is 0 Å². The van der Waals surface area contributed by atoms with Gasteiger partial charge in [0.05, 0.1) is 11.7 Å². The molecule has 1 aliphatic heterocycles. The van der Waals surface area contributed by atoms with Crippen LogP contribution in [0.25, 0.3) is 0 Å². The molecule has 1 saturated heterocycles. The summed E-state index contributed by atoms with van der Waals surface area (Å²) >= 11 is 0. The Balaban J connectivity index is 1.98. The molecule has 1 atom stereocenters. The number of rotatable bonds is 0. The molecule has 0 aromatic heterocycles. The first-order valence-electron chi connectivity index (χ1n) is 4.99. The Labute approximate surface area is 69.1 Å². The van der Waals surface area contributed by atoms with Crippen LogP contribution in [0.4, 0.5) is 0 Å². The molecule has 0 radical (unpaired) electrons. The monoisotopic (exact) mass is 154 g/mol. The van der Waals surface area contributed by atoms with Crippen molar-refractivity contribution in [1.82, 2.24) is 0 Å². The molecule has 64 valence electrons. The van der Waals surface area contributed by atoms with Gasteiger partial charge in [0.1, 0.15) is 0 Å². The van der Waals surface area contributed by atoms with Gasteiger partial charge in [0.15, 0.2) is 0 Å². The van der Waals surface area contributed by atoms with E-state index in [0.29, 0.717) is 11.7 Å². The lowest BCUT2D eigenvalue weighted by Gasteiger charge is -2.32. The van der Waals surface area contributed by atoms with E-state index in [1.807, 2.05) is 0 Å². The van der Waals surface area contributed by atoms with Gasteiger partial charge in [-0.25, -0.2) is 0 Å². The van der Waals surface area contributed by atoms with Gasteiger partial charge in [-0.05, 0) is 32.6 Å². The SMILES string of the molecule is CC1CCC2(CCCCC2)O1. The summed E-state index contributed by atoms with van der Waals surface area (Å²) < 4.78 is 5.99. The van der Waals surface area contributed by atoms with Crippen molar-refractivity contribution in [2.45, 2.75) is 63.6 Å². The van der Waals surface area contributed by atoms with Crippen molar-refractivity contribution in [3.05, 3.63) is 0 Å². The number of hydrogen-bond donors (Lipinski definition) is 0. The van der Waals surface area contributed by atoms with Crippen LogP contribution in [0.15, 0.2) is 0 Å². The zero-order valence-electron chi connectivity index (χ0n) is 7.44. The molecule has 0 N–H and O–H groups in total. The van der Waals surface area contributed by atoms with Crippen LogP contribution in [-0.2, 0) is 4.74 Å². The third-order valence-electron chi connectivity index (χ3n) is 3.22. The summed E-state index contributed by atoms with van der Waals surface area (Å²) in [4.78, 5) is 0. The van der Waals surface area contributed by atoms with Crippen LogP contribution < -0.4 is 0 Å². The Morgan fingerprint density at radius 3 is 2.36 bits per heavy atom. The Morgan fingerprint density at radius 2 is 1.82 bits per heavy atom. The van der Waals surface area contributed by atoms with E-state index in [9.17, 15) is 0 Å². The predicted octanol–water partition coefficient (Wildman–Crippen LogP) is 2.89. The van der Waals surface area contributed by atoms with Crippen LogP contribution >= 0.6 is 0 Å². The van der Waals surface area contributed by atoms with Crippen LogP contribution in [0.1, 0.15) is 51.9 Å². The molecule has 0 amide bonds. The highest BCUT2D eigenvalue weighted by Gasteiger charge is 2.38. The first-order valence-corrected chi connectivity index (χ1v) is 4.99. The Morgan fingerprint density at radius 1 is 1.09 bits per heavy atom. The second-order valence-corrected chi connectivity index (χ2v) is 4.21. The fraction of sp³-hybridized carbons (Fsp3) is 1.00. The molecule has 1 aliphatic carbocycles. The maximum absolute atomic E-state index is 5.99. The molecule has 0 aromatic rings. The highest BCUT2D eigenvalue weighted by atomic mass is 16.5. The van der Waals surface area contributed by atoms with Crippen molar-refractivity contribution in [3.63, 3.8) is 0 Å². The summed E-state index contributed by atoms with van der Waals surface area (Å²) in [6, 6.07) is 0. The molecule has 1 heterocycles. The van der Waals surface area contributed by atoms with Gasteiger partial charge in [0.2, 0.25) is 0 Å². The summed E-state index contributed by atoms with van der Waals surface area (Å²) in [6.45, 7) is 2.21. The third kappa shape index (κ3) is 1.44. The van der Waals surface area contributed by atoms with Crippen LogP contribution in [0.3, 0.4) is 0 Å². The minimum Gasteiger partial charge on any atom is -0.372 e. The first kappa shape index (κ1) is 7.60. The van der Waals surface area contributed by atoms with Gasteiger partial charge in [-0.1, -0.05) is 19.3 Å². The Bertz CT molecular complexity index is 130. The van der Waals surface area contributed by atoms with Crippen molar-refractivity contribution >= 4 is 0 Å². The second-order valence-electron chi connectivity index (χ2n) is 4.21. The van der Waals surface area contributed by atoms with Gasteiger partial charge >= 0.3 is 0 Å². The topological polar surface area (TPSA) is 9.23 Å². The summed E-state index contributed by atoms with van der Waals surface area (Å²) in [5, 5.41) is 0. The summed E-state index contributed by atoms with van der Waals surface area (Å²) in [7, 11) is 0. The fourth-order valence-electron chi connectivity index (χ4n) is 2.57. The normalized spacial score (nSPS) is 36.3. The molecule has 1 spiro atoms. The maximum atomic E-state index is 5.99. The average molecular weight is 154 g/mol. The predicted molar refractivity (Wildman–Crippen MR) is 45.6 cm³/mol. The summed E-state index contributed by atoms with van der Waals surface area (Å²) in [5.41, 5.74) is 0.345. The first-order chi connectivity index (χ1) is 5.31. The standard InChI is InChI=1S/C10H18O/c1-9-5-8-10(11-9)6-3-2-4-7-10/h9H,2-8H2,1H3. The molecular formula is C10H18O. The molecule has 2 rings (SSSR count). The molecule has 1 nitrogen and oxygen atoms in total. The van der Waals surface area contributed by atoms with E-state index >= 15 is 0 Å². The van der Waals surface area contributed by atoms with E-state index in [1.54, 1.807) is 0 Å². The van der Waals surface area contributed by atoms with E-state index in [1.165, 1.54) is 44.9 Å². The van der Waals surface area contributed by atoms with Crippen LogP contribution in [0.5, 0.6) is 0 Å². The molecule has 2 fully saturated rings. The Kier molecular flexibility index (Phi) is 1.92. The zero-order chi connectivity index (χ0) is 7.73. The molecule has 0 aromatic carbocycles. The number of hydrogen-bond acceptors (Lipinski definition) is 1. The minimum absolute atomic E-state index is 0.345. The van der Waals surface area contributed by atoms with Gasteiger partial charge in [0, 0.05) is 0 Å². The van der Waals surface area contributed by atoms with Crippen molar-refractivity contribution in [3.8, 4) is 0 Å². The average Bonchev–Trinajstić information content (AvgIpc) is 2.34. The van der Waals surface area contributed by atoms with Crippen molar-refractivity contribution in [1.29, 1.82) is 0 Å². The molecule has 0 bridgehead atoms. The van der Waals surface area contributed by atoms with Crippen LogP contribution in [-0.4, -0.2) is 11.7 Å². The van der Waals surface area contributed by atoms with Crippen molar-refractivity contribution in [2.75, 3.05) is 0 Å². The lowest BCUT2D eigenvalue weighted by Crippen LogP contribution is -2.31. The van der Waals surface area contributed by atoms with Crippen molar-refractivity contribution in [2.24, 2.45) is 0 Å². The Hall–Kier alpha value is -0.0400. The lowest BCUT2D eigenvalue weighted by molar-refractivity contribution is -0.0570. The largest absolute Gasteiger partial charge is 0.372 e. The van der Waals surface area contributed by atoms with E-state index in [-0.39, 0.29) is 0 Å². The summed E-state index contributed by atoms with van der Waals surface area (Å²) in [5.74, 6) is 0. The second kappa shape index (κ2) is 2.78. The van der Waals surface area contributed by atoms with Gasteiger partial charge in [0.25, 0.3) is 0 Å². The molecule has 1 unspecified atom stereocenters. The molecule has 11 heavy (non-hydrogen) atoms. The lowest BCUT2D eigenvalue weighted by atomic mass is 9.83. The maximum Gasteiger partial charge on any atom is 0.0687 e. The summed E-state index contributed by atoms with van der Waals surface area (Å²) in [6.07, 6.45) is 10.0. The zero-order valence-corrected chi connectivity index (χ0v) is 7.44. The van der Waals surface area contributed by atoms with Gasteiger partial charge in [-0.2, -0.15) is 0 Å². The quantitative estimate of drug-likeness (QED) is 0.521. The van der Waals surface area contributed by atoms with Crippen LogP contribution in [0, 0.1) is 0 Å². The smallest absolute Gasteiger partial charge is 0.0687 e. The van der Waals surface area contributed by atoms with E-state index in [0.717, 1.165) is 0 Å². The fourth-order valence-corrected chi connectivity index (χ4v) is 2.57.